The molecule has 26 heavy (non-hydrogen) atoms. The van der Waals surface area contributed by atoms with Crippen molar-refractivity contribution in [3.05, 3.63) is 30.2 Å². The molecule has 0 N–H and O–H groups in total. The van der Waals surface area contributed by atoms with E-state index in [-0.39, 0.29) is 0 Å². The van der Waals surface area contributed by atoms with Gasteiger partial charge in [0.05, 0.1) is 0 Å². The maximum Gasteiger partial charge on any atom is 0.227 e. The van der Waals surface area contributed by atoms with Crippen LogP contribution in [0.15, 0.2) is 24.5 Å². The van der Waals surface area contributed by atoms with Gasteiger partial charge in [-0.25, -0.2) is 15.0 Å². The first-order chi connectivity index (χ1) is 12.8. The molecule has 2 aliphatic rings. The van der Waals surface area contributed by atoms with Gasteiger partial charge in [-0.3, -0.25) is 0 Å². The van der Waals surface area contributed by atoms with Crippen molar-refractivity contribution in [1.82, 2.24) is 19.9 Å². The third kappa shape index (κ3) is 3.86. The van der Waals surface area contributed by atoms with Gasteiger partial charge in [-0.1, -0.05) is 12.8 Å². The Balaban J connectivity index is 1.46. The lowest BCUT2D eigenvalue weighted by Gasteiger charge is -2.35. The molecule has 4 rings (SSSR count). The van der Waals surface area contributed by atoms with Crippen molar-refractivity contribution in [2.24, 2.45) is 0 Å². The minimum atomic E-state index is 0.816. The van der Waals surface area contributed by atoms with Crippen molar-refractivity contribution in [2.75, 3.05) is 54.0 Å². The van der Waals surface area contributed by atoms with Crippen molar-refractivity contribution in [3.8, 4) is 0 Å². The molecule has 4 heterocycles. The molecule has 0 atom stereocenters. The van der Waals surface area contributed by atoms with Crippen LogP contribution in [0.3, 0.4) is 0 Å². The van der Waals surface area contributed by atoms with E-state index in [1.165, 1.54) is 25.7 Å². The highest BCUT2D eigenvalue weighted by Crippen LogP contribution is 2.22. The van der Waals surface area contributed by atoms with Gasteiger partial charge in [0.2, 0.25) is 11.9 Å². The van der Waals surface area contributed by atoms with E-state index in [2.05, 4.69) is 37.7 Å². The van der Waals surface area contributed by atoms with Gasteiger partial charge in [0.15, 0.2) is 0 Å². The highest BCUT2D eigenvalue weighted by molar-refractivity contribution is 5.47. The summed E-state index contributed by atoms with van der Waals surface area (Å²) in [5, 5.41) is 0. The van der Waals surface area contributed by atoms with Gasteiger partial charge in [-0.2, -0.15) is 4.98 Å². The van der Waals surface area contributed by atoms with E-state index >= 15 is 0 Å². The van der Waals surface area contributed by atoms with Gasteiger partial charge in [-0.15, -0.1) is 0 Å². The molecule has 0 unspecified atom stereocenters. The van der Waals surface area contributed by atoms with Crippen LogP contribution in [-0.2, 0) is 0 Å². The Labute approximate surface area is 155 Å². The van der Waals surface area contributed by atoms with Crippen LogP contribution in [-0.4, -0.2) is 59.2 Å². The standard InChI is InChI=1S/C19H27N7/c1-16-15-17(23-19(22-16)25-9-4-2-3-5-10-25)24-11-13-26(14-12-24)18-20-7-6-8-21-18/h6-8,15H,2-5,9-14H2,1H3. The van der Waals surface area contributed by atoms with Gasteiger partial charge in [-0.05, 0) is 25.8 Å². The van der Waals surface area contributed by atoms with Gasteiger partial charge in [0.1, 0.15) is 5.82 Å². The zero-order valence-corrected chi connectivity index (χ0v) is 15.5. The van der Waals surface area contributed by atoms with Crippen molar-refractivity contribution in [2.45, 2.75) is 32.6 Å². The number of anilines is 3. The molecule has 7 heteroatoms. The second-order valence-electron chi connectivity index (χ2n) is 7.09. The molecule has 0 amide bonds. The second-order valence-corrected chi connectivity index (χ2v) is 7.09. The summed E-state index contributed by atoms with van der Waals surface area (Å²) in [4.78, 5) is 25.3. The predicted molar refractivity (Wildman–Crippen MR) is 104 cm³/mol. The Hall–Kier alpha value is -2.44. The lowest BCUT2D eigenvalue weighted by molar-refractivity contribution is 0.632. The molecule has 0 saturated carbocycles. The zero-order valence-electron chi connectivity index (χ0n) is 15.5. The van der Waals surface area contributed by atoms with Gasteiger partial charge in [0.25, 0.3) is 0 Å². The normalized spacial score (nSPS) is 18.7. The molecular weight excluding hydrogens is 326 g/mol. The number of aromatic nitrogens is 4. The predicted octanol–water partition coefficient (Wildman–Crippen LogP) is 2.28. The summed E-state index contributed by atoms with van der Waals surface area (Å²) >= 11 is 0. The van der Waals surface area contributed by atoms with Crippen molar-refractivity contribution < 1.29 is 0 Å². The van der Waals surface area contributed by atoms with E-state index < -0.39 is 0 Å². The largest absolute Gasteiger partial charge is 0.353 e. The highest BCUT2D eigenvalue weighted by atomic mass is 15.3. The minimum Gasteiger partial charge on any atom is -0.353 e. The van der Waals surface area contributed by atoms with Gasteiger partial charge < -0.3 is 14.7 Å². The summed E-state index contributed by atoms with van der Waals surface area (Å²) in [7, 11) is 0. The Bertz CT molecular complexity index is 705. The molecule has 2 aromatic heterocycles. The summed E-state index contributed by atoms with van der Waals surface area (Å²) in [6, 6.07) is 3.96. The third-order valence-electron chi connectivity index (χ3n) is 5.16. The quantitative estimate of drug-likeness (QED) is 0.839. The van der Waals surface area contributed by atoms with Crippen LogP contribution in [0, 0.1) is 6.92 Å². The van der Waals surface area contributed by atoms with Crippen molar-refractivity contribution in [3.63, 3.8) is 0 Å². The van der Waals surface area contributed by atoms with Crippen LogP contribution in [0.25, 0.3) is 0 Å². The maximum atomic E-state index is 4.91. The van der Waals surface area contributed by atoms with E-state index in [1.54, 1.807) is 12.4 Å². The maximum absolute atomic E-state index is 4.91. The third-order valence-corrected chi connectivity index (χ3v) is 5.16. The van der Waals surface area contributed by atoms with Crippen LogP contribution in [0.5, 0.6) is 0 Å². The first-order valence-electron chi connectivity index (χ1n) is 9.67. The van der Waals surface area contributed by atoms with Crippen molar-refractivity contribution in [1.29, 1.82) is 0 Å². The van der Waals surface area contributed by atoms with Crippen LogP contribution < -0.4 is 14.7 Å². The smallest absolute Gasteiger partial charge is 0.227 e. The molecule has 0 spiro atoms. The topological polar surface area (TPSA) is 61.3 Å². The average molecular weight is 353 g/mol. The van der Waals surface area contributed by atoms with E-state index in [0.717, 1.165) is 62.7 Å². The number of rotatable bonds is 3. The molecule has 138 valence electrons. The van der Waals surface area contributed by atoms with E-state index in [9.17, 15) is 0 Å². The Kier molecular flexibility index (Phi) is 5.13. The number of hydrogen-bond acceptors (Lipinski definition) is 7. The summed E-state index contributed by atoms with van der Waals surface area (Å²) in [5.41, 5.74) is 1.04. The van der Waals surface area contributed by atoms with Crippen LogP contribution >= 0.6 is 0 Å². The Morgan fingerprint density at radius 1 is 0.692 bits per heavy atom. The lowest BCUT2D eigenvalue weighted by Crippen LogP contribution is -2.47. The SMILES string of the molecule is Cc1cc(N2CCN(c3ncccn3)CC2)nc(N2CCCCCC2)n1. The summed E-state index contributed by atoms with van der Waals surface area (Å²) in [6.45, 7) is 7.88. The molecule has 0 radical (unpaired) electrons. The summed E-state index contributed by atoms with van der Waals surface area (Å²) in [6.07, 6.45) is 8.72. The summed E-state index contributed by atoms with van der Waals surface area (Å²) < 4.78 is 0. The summed E-state index contributed by atoms with van der Waals surface area (Å²) in [5.74, 6) is 2.76. The molecule has 2 aromatic rings. The fraction of sp³-hybridized carbons (Fsp3) is 0.579. The molecule has 2 aliphatic heterocycles. The van der Waals surface area contributed by atoms with Gasteiger partial charge >= 0.3 is 0 Å². The van der Waals surface area contributed by atoms with Crippen LogP contribution in [0.1, 0.15) is 31.4 Å². The fourth-order valence-corrected chi connectivity index (χ4v) is 3.70. The molecule has 0 bridgehead atoms. The van der Waals surface area contributed by atoms with E-state index in [4.69, 9.17) is 9.97 Å². The first kappa shape index (κ1) is 17.0. The minimum absolute atomic E-state index is 0.816. The molecule has 0 aromatic carbocycles. The molecule has 2 saturated heterocycles. The molecular formula is C19H27N7. The number of piperazine rings is 1. The van der Waals surface area contributed by atoms with Crippen LogP contribution in [0.4, 0.5) is 17.7 Å². The van der Waals surface area contributed by atoms with Gasteiger partial charge in [0, 0.05) is 63.4 Å². The zero-order chi connectivity index (χ0) is 17.8. The molecule has 7 nitrogen and oxygen atoms in total. The number of aryl methyl sites for hydroxylation is 1. The number of nitrogens with zero attached hydrogens (tertiary/aromatic N) is 7. The first-order valence-corrected chi connectivity index (χ1v) is 9.67. The Morgan fingerprint density at radius 3 is 2.00 bits per heavy atom. The highest BCUT2D eigenvalue weighted by Gasteiger charge is 2.21. The Morgan fingerprint density at radius 2 is 1.31 bits per heavy atom. The average Bonchev–Trinajstić information content (AvgIpc) is 2.98. The fourth-order valence-electron chi connectivity index (χ4n) is 3.70. The lowest BCUT2D eigenvalue weighted by atomic mass is 10.2. The van der Waals surface area contributed by atoms with Crippen LogP contribution in [0.2, 0.25) is 0 Å². The number of hydrogen-bond donors (Lipinski definition) is 0. The molecule has 2 fully saturated rings. The second kappa shape index (κ2) is 7.85. The molecule has 0 aliphatic carbocycles. The van der Waals surface area contributed by atoms with E-state index in [1.807, 2.05) is 6.07 Å². The monoisotopic (exact) mass is 353 g/mol. The van der Waals surface area contributed by atoms with Crippen molar-refractivity contribution >= 4 is 17.7 Å². The van der Waals surface area contributed by atoms with E-state index in [0.29, 0.717) is 0 Å².